The van der Waals surface area contributed by atoms with Gasteiger partial charge in [-0.15, -0.1) is 0 Å². The minimum Gasteiger partial charge on any atom is -0.468 e. The minimum atomic E-state index is -3.68. The summed E-state index contributed by atoms with van der Waals surface area (Å²) in [7, 11) is -3.68. The Labute approximate surface area is 124 Å². The number of nitrogens with zero attached hydrogens (tertiary/aromatic N) is 1. The summed E-state index contributed by atoms with van der Waals surface area (Å²) in [6.45, 7) is 4.39. The topological polar surface area (TPSA) is 84.2 Å². The number of nitrogens with one attached hydrogen (secondary N) is 2. The van der Waals surface area contributed by atoms with Crippen molar-refractivity contribution in [3.05, 3.63) is 42.5 Å². The maximum Gasteiger partial charge on any atom is 0.244 e. The van der Waals surface area contributed by atoms with Crippen molar-refractivity contribution in [3.8, 4) is 0 Å². The Bertz CT molecular complexity index is 669. The van der Waals surface area contributed by atoms with Crippen molar-refractivity contribution < 1.29 is 12.8 Å². The van der Waals surface area contributed by atoms with Crippen LogP contribution in [0.2, 0.25) is 0 Å². The van der Waals surface area contributed by atoms with Crippen molar-refractivity contribution >= 4 is 15.8 Å². The standard InChI is InChI=1S/C14H19N3O3S/c1-3-8-15-14-13(7-4-9-16-14)21(18,19)17-11(2)12-6-5-10-20-12/h4-7,9-11,17H,3,8H2,1-2H3,(H,15,16). The van der Waals surface area contributed by atoms with Gasteiger partial charge in [-0.2, -0.15) is 0 Å². The van der Waals surface area contributed by atoms with Crippen LogP contribution in [-0.4, -0.2) is 19.9 Å². The van der Waals surface area contributed by atoms with E-state index in [0.717, 1.165) is 6.42 Å². The van der Waals surface area contributed by atoms with E-state index in [1.807, 2.05) is 6.92 Å². The molecule has 0 radical (unpaired) electrons. The van der Waals surface area contributed by atoms with Crippen LogP contribution in [0.5, 0.6) is 0 Å². The van der Waals surface area contributed by atoms with E-state index in [4.69, 9.17) is 4.42 Å². The van der Waals surface area contributed by atoms with Crippen LogP contribution in [0.1, 0.15) is 32.1 Å². The summed E-state index contributed by atoms with van der Waals surface area (Å²) in [6, 6.07) is 6.13. The van der Waals surface area contributed by atoms with Gasteiger partial charge in [0.05, 0.1) is 12.3 Å². The Kier molecular flexibility index (Phi) is 4.98. The van der Waals surface area contributed by atoms with Gasteiger partial charge in [0.2, 0.25) is 10.0 Å². The van der Waals surface area contributed by atoms with Crippen molar-refractivity contribution in [2.45, 2.75) is 31.2 Å². The molecule has 2 heterocycles. The van der Waals surface area contributed by atoms with E-state index in [9.17, 15) is 8.42 Å². The van der Waals surface area contributed by atoms with Crippen LogP contribution in [0.4, 0.5) is 5.82 Å². The molecular formula is C14H19N3O3S. The van der Waals surface area contributed by atoms with Gasteiger partial charge in [0, 0.05) is 12.7 Å². The minimum absolute atomic E-state index is 0.136. The molecule has 0 saturated heterocycles. The lowest BCUT2D eigenvalue weighted by Crippen LogP contribution is -2.27. The number of pyridine rings is 1. The van der Waals surface area contributed by atoms with Gasteiger partial charge in [-0.05, 0) is 37.6 Å². The third-order valence-electron chi connectivity index (χ3n) is 2.90. The molecule has 1 atom stereocenters. The fourth-order valence-corrected chi connectivity index (χ4v) is 3.22. The predicted octanol–water partition coefficient (Wildman–Crippen LogP) is 2.54. The van der Waals surface area contributed by atoms with Crippen molar-refractivity contribution in [2.75, 3.05) is 11.9 Å². The number of rotatable bonds is 7. The van der Waals surface area contributed by atoms with Crippen molar-refractivity contribution in [3.63, 3.8) is 0 Å². The van der Waals surface area contributed by atoms with Crippen LogP contribution in [0.3, 0.4) is 0 Å². The van der Waals surface area contributed by atoms with Gasteiger partial charge >= 0.3 is 0 Å². The lowest BCUT2D eigenvalue weighted by molar-refractivity contribution is 0.459. The summed E-state index contributed by atoms with van der Waals surface area (Å²) in [5.41, 5.74) is 0. The zero-order valence-electron chi connectivity index (χ0n) is 12.0. The molecule has 0 bridgehead atoms. The molecule has 0 aliphatic carbocycles. The highest BCUT2D eigenvalue weighted by Crippen LogP contribution is 2.21. The summed E-state index contributed by atoms with van der Waals surface area (Å²) in [5.74, 6) is 0.920. The molecule has 0 fully saturated rings. The van der Waals surface area contributed by atoms with Crippen molar-refractivity contribution in [2.24, 2.45) is 0 Å². The molecule has 2 aromatic rings. The van der Waals surface area contributed by atoms with Crippen LogP contribution >= 0.6 is 0 Å². The van der Waals surface area contributed by atoms with E-state index in [-0.39, 0.29) is 4.90 Å². The van der Waals surface area contributed by atoms with Crippen LogP contribution in [0.25, 0.3) is 0 Å². The van der Waals surface area contributed by atoms with Gasteiger partial charge in [-0.3, -0.25) is 0 Å². The first-order valence-corrected chi connectivity index (χ1v) is 8.27. The predicted molar refractivity (Wildman–Crippen MR) is 80.5 cm³/mol. The van der Waals surface area contributed by atoms with Gasteiger partial charge in [-0.1, -0.05) is 6.92 Å². The fraction of sp³-hybridized carbons (Fsp3) is 0.357. The van der Waals surface area contributed by atoms with E-state index in [2.05, 4.69) is 15.0 Å². The third-order valence-corrected chi connectivity index (χ3v) is 4.48. The second-order valence-corrected chi connectivity index (χ2v) is 6.32. The van der Waals surface area contributed by atoms with Gasteiger partial charge < -0.3 is 9.73 Å². The molecule has 0 saturated carbocycles. The molecule has 0 aromatic carbocycles. The molecule has 0 spiro atoms. The molecule has 2 rings (SSSR count). The molecule has 114 valence electrons. The van der Waals surface area contributed by atoms with E-state index >= 15 is 0 Å². The van der Waals surface area contributed by atoms with E-state index in [1.54, 1.807) is 31.3 Å². The van der Waals surface area contributed by atoms with Crippen LogP contribution < -0.4 is 10.0 Å². The number of furan rings is 1. The second kappa shape index (κ2) is 6.73. The van der Waals surface area contributed by atoms with Gasteiger partial charge in [-0.25, -0.2) is 18.1 Å². The molecule has 6 nitrogen and oxygen atoms in total. The van der Waals surface area contributed by atoms with E-state index in [0.29, 0.717) is 18.1 Å². The Balaban J connectivity index is 2.23. The number of aromatic nitrogens is 1. The zero-order valence-corrected chi connectivity index (χ0v) is 12.9. The first kappa shape index (κ1) is 15.5. The van der Waals surface area contributed by atoms with Gasteiger partial charge in [0.25, 0.3) is 0 Å². The fourth-order valence-electron chi connectivity index (χ4n) is 1.88. The molecule has 7 heteroatoms. The quantitative estimate of drug-likeness (QED) is 0.821. The SMILES string of the molecule is CCCNc1ncccc1S(=O)(=O)NC(C)c1ccco1. The lowest BCUT2D eigenvalue weighted by atomic mass is 10.3. The van der Waals surface area contributed by atoms with Crippen LogP contribution in [-0.2, 0) is 10.0 Å². The zero-order chi connectivity index (χ0) is 15.3. The Morgan fingerprint density at radius 3 is 2.81 bits per heavy atom. The van der Waals surface area contributed by atoms with Gasteiger partial charge in [0.1, 0.15) is 16.5 Å². The first-order chi connectivity index (χ1) is 10.0. The Morgan fingerprint density at radius 1 is 1.33 bits per heavy atom. The van der Waals surface area contributed by atoms with Crippen LogP contribution in [0, 0.1) is 0 Å². The highest BCUT2D eigenvalue weighted by Gasteiger charge is 2.23. The Hall–Kier alpha value is -1.86. The monoisotopic (exact) mass is 309 g/mol. The first-order valence-electron chi connectivity index (χ1n) is 6.79. The largest absolute Gasteiger partial charge is 0.468 e. The van der Waals surface area contributed by atoms with Gasteiger partial charge in [0.15, 0.2) is 0 Å². The molecule has 1 unspecified atom stereocenters. The number of hydrogen-bond donors (Lipinski definition) is 2. The summed E-state index contributed by atoms with van der Waals surface area (Å²) in [5, 5.41) is 3.02. The summed E-state index contributed by atoms with van der Waals surface area (Å²) in [4.78, 5) is 4.23. The molecule has 2 aromatic heterocycles. The lowest BCUT2D eigenvalue weighted by Gasteiger charge is -2.14. The molecule has 0 amide bonds. The van der Waals surface area contributed by atoms with Crippen molar-refractivity contribution in [1.82, 2.24) is 9.71 Å². The average molecular weight is 309 g/mol. The Morgan fingerprint density at radius 2 is 2.14 bits per heavy atom. The number of anilines is 1. The third kappa shape index (κ3) is 3.83. The molecule has 2 N–H and O–H groups in total. The molecule has 0 aliphatic heterocycles. The summed E-state index contributed by atoms with van der Waals surface area (Å²) < 4.78 is 32.8. The maximum atomic E-state index is 12.5. The smallest absolute Gasteiger partial charge is 0.244 e. The number of hydrogen-bond acceptors (Lipinski definition) is 5. The summed E-state index contributed by atoms with van der Waals surface area (Å²) >= 11 is 0. The van der Waals surface area contributed by atoms with E-state index in [1.165, 1.54) is 12.3 Å². The molecule has 21 heavy (non-hydrogen) atoms. The average Bonchev–Trinajstić information content (AvgIpc) is 2.99. The highest BCUT2D eigenvalue weighted by atomic mass is 32.2. The van der Waals surface area contributed by atoms with Crippen molar-refractivity contribution in [1.29, 1.82) is 0 Å². The maximum absolute atomic E-state index is 12.5. The number of sulfonamides is 1. The molecular weight excluding hydrogens is 290 g/mol. The van der Waals surface area contributed by atoms with Crippen LogP contribution in [0.15, 0.2) is 46.0 Å². The summed E-state index contributed by atoms with van der Waals surface area (Å²) in [6.07, 6.45) is 3.96. The normalized spacial score (nSPS) is 13.0. The van der Waals surface area contributed by atoms with E-state index < -0.39 is 16.1 Å². The highest BCUT2D eigenvalue weighted by molar-refractivity contribution is 7.89. The molecule has 0 aliphatic rings. The second-order valence-electron chi connectivity index (χ2n) is 4.64.